The maximum Gasteiger partial charge on any atom is 0.218 e. The molecule has 29 heavy (non-hydrogen) atoms. The lowest BCUT2D eigenvalue weighted by Gasteiger charge is -2.33. The van der Waals surface area contributed by atoms with Crippen molar-refractivity contribution in [2.24, 2.45) is 0 Å². The van der Waals surface area contributed by atoms with Gasteiger partial charge in [-0.1, -0.05) is 36.4 Å². The molecule has 3 aromatic rings. The van der Waals surface area contributed by atoms with Crippen molar-refractivity contribution < 1.29 is 12.8 Å². The Labute approximate surface area is 168 Å². The van der Waals surface area contributed by atoms with Gasteiger partial charge >= 0.3 is 0 Å². The Hall–Kier alpha value is -2.69. The normalized spacial score (nSPS) is 16.2. The van der Waals surface area contributed by atoms with Crippen LogP contribution in [0.5, 0.6) is 0 Å². The first kappa shape index (κ1) is 19.6. The predicted octanol–water partition coefficient (Wildman–Crippen LogP) is 1.45. The Bertz CT molecular complexity index is 1070. The quantitative estimate of drug-likeness (QED) is 0.605. The number of rotatable bonds is 6. The summed E-state index contributed by atoms with van der Waals surface area (Å²) in [4.78, 5) is 2.09. The van der Waals surface area contributed by atoms with Gasteiger partial charge in [-0.3, -0.25) is 4.90 Å². The molecule has 0 atom stereocenters. The Balaban J connectivity index is 1.38. The van der Waals surface area contributed by atoms with Gasteiger partial charge in [0.05, 0.1) is 18.0 Å². The number of hydrogen-bond acceptors (Lipinski definition) is 6. The second kappa shape index (κ2) is 8.36. The smallest absolute Gasteiger partial charge is 0.218 e. The van der Waals surface area contributed by atoms with E-state index in [4.69, 9.17) is 0 Å². The van der Waals surface area contributed by atoms with Crippen LogP contribution in [0, 0.1) is 5.82 Å². The minimum atomic E-state index is -3.36. The van der Waals surface area contributed by atoms with Crippen molar-refractivity contribution in [1.82, 2.24) is 29.4 Å². The molecule has 1 saturated heterocycles. The van der Waals surface area contributed by atoms with Crippen LogP contribution in [0.2, 0.25) is 0 Å². The van der Waals surface area contributed by atoms with E-state index in [2.05, 4.69) is 20.4 Å². The molecule has 0 aliphatic carbocycles. The third-order valence-corrected chi connectivity index (χ3v) is 6.72. The van der Waals surface area contributed by atoms with E-state index >= 15 is 0 Å². The van der Waals surface area contributed by atoms with Gasteiger partial charge < -0.3 is 0 Å². The van der Waals surface area contributed by atoms with Crippen LogP contribution in [0.15, 0.2) is 54.6 Å². The summed E-state index contributed by atoms with van der Waals surface area (Å²) in [6, 6.07) is 15.3. The highest BCUT2D eigenvalue weighted by molar-refractivity contribution is 7.88. The van der Waals surface area contributed by atoms with Crippen molar-refractivity contribution in [3.8, 4) is 5.69 Å². The highest BCUT2D eigenvalue weighted by Crippen LogP contribution is 2.16. The topological polar surface area (TPSA) is 84.2 Å². The van der Waals surface area contributed by atoms with Crippen LogP contribution in [-0.2, 0) is 22.3 Å². The van der Waals surface area contributed by atoms with E-state index in [1.54, 1.807) is 12.1 Å². The van der Waals surface area contributed by atoms with E-state index in [1.165, 1.54) is 21.1 Å². The molecule has 2 aromatic carbocycles. The summed E-state index contributed by atoms with van der Waals surface area (Å²) in [5, 5.41) is 11.7. The molecule has 152 valence electrons. The molecular weight excluding hydrogens is 395 g/mol. The second-order valence-corrected chi connectivity index (χ2v) is 8.87. The van der Waals surface area contributed by atoms with Crippen LogP contribution >= 0.6 is 0 Å². The van der Waals surface area contributed by atoms with Crippen LogP contribution in [0.1, 0.15) is 11.4 Å². The van der Waals surface area contributed by atoms with Crippen molar-refractivity contribution in [3.05, 3.63) is 71.8 Å². The van der Waals surface area contributed by atoms with E-state index in [-0.39, 0.29) is 11.6 Å². The molecule has 8 nitrogen and oxygen atoms in total. The minimum Gasteiger partial charge on any atom is -0.293 e. The zero-order valence-electron chi connectivity index (χ0n) is 15.7. The van der Waals surface area contributed by atoms with Crippen LogP contribution in [0.4, 0.5) is 4.39 Å². The van der Waals surface area contributed by atoms with Gasteiger partial charge in [-0.15, -0.1) is 5.10 Å². The van der Waals surface area contributed by atoms with Gasteiger partial charge in [0.25, 0.3) is 0 Å². The van der Waals surface area contributed by atoms with Gasteiger partial charge in [-0.25, -0.2) is 12.8 Å². The summed E-state index contributed by atoms with van der Waals surface area (Å²) in [5.41, 5.74) is 1.33. The largest absolute Gasteiger partial charge is 0.293 e. The first-order valence-corrected chi connectivity index (χ1v) is 10.9. The summed E-state index contributed by atoms with van der Waals surface area (Å²) >= 11 is 0. The zero-order chi connectivity index (χ0) is 20.3. The summed E-state index contributed by atoms with van der Waals surface area (Å²) in [6.45, 7) is 2.43. The average Bonchev–Trinajstić information content (AvgIpc) is 3.17. The van der Waals surface area contributed by atoms with E-state index in [9.17, 15) is 12.8 Å². The molecular formula is C19H21FN6O2S. The van der Waals surface area contributed by atoms with E-state index in [0.717, 1.165) is 5.56 Å². The maximum absolute atomic E-state index is 13.5. The van der Waals surface area contributed by atoms with Gasteiger partial charge in [0.15, 0.2) is 5.82 Å². The van der Waals surface area contributed by atoms with E-state index < -0.39 is 10.0 Å². The van der Waals surface area contributed by atoms with Crippen LogP contribution in [0.3, 0.4) is 0 Å². The highest BCUT2D eigenvalue weighted by atomic mass is 32.2. The van der Waals surface area contributed by atoms with Gasteiger partial charge in [-0.05, 0) is 34.2 Å². The first-order chi connectivity index (χ1) is 14.0. The number of benzene rings is 2. The third kappa shape index (κ3) is 4.66. The minimum absolute atomic E-state index is 0.00561. The van der Waals surface area contributed by atoms with Crippen molar-refractivity contribution in [1.29, 1.82) is 0 Å². The summed E-state index contributed by atoms with van der Waals surface area (Å²) in [6.07, 6.45) is 0. The molecule has 1 aliphatic rings. The molecule has 1 aliphatic heterocycles. The third-order valence-electron chi connectivity index (χ3n) is 4.87. The van der Waals surface area contributed by atoms with Crippen molar-refractivity contribution in [2.75, 3.05) is 26.2 Å². The molecule has 10 heteroatoms. The second-order valence-electron chi connectivity index (χ2n) is 6.90. The molecule has 2 heterocycles. The number of aromatic nitrogens is 4. The van der Waals surface area contributed by atoms with Crippen LogP contribution in [0.25, 0.3) is 5.69 Å². The lowest BCUT2D eigenvalue weighted by molar-refractivity contribution is 0.177. The molecule has 1 aromatic heterocycles. The Kier molecular flexibility index (Phi) is 5.65. The fraction of sp³-hybridized carbons (Fsp3) is 0.316. The Morgan fingerprint density at radius 2 is 1.72 bits per heavy atom. The van der Waals surface area contributed by atoms with Gasteiger partial charge in [0.2, 0.25) is 10.0 Å². The summed E-state index contributed by atoms with van der Waals surface area (Å²) in [7, 11) is -3.36. The molecule has 1 fully saturated rings. The van der Waals surface area contributed by atoms with Crippen molar-refractivity contribution in [2.45, 2.75) is 12.3 Å². The van der Waals surface area contributed by atoms with Crippen LogP contribution < -0.4 is 0 Å². The SMILES string of the molecule is O=S(=O)(Cc1ccccc1)N1CCN(Cc2nnnn2-c2cccc(F)c2)CC1. The summed E-state index contributed by atoms with van der Waals surface area (Å²) < 4.78 is 41.9. The fourth-order valence-corrected chi connectivity index (χ4v) is 4.87. The highest BCUT2D eigenvalue weighted by Gasteiger charge is 2.27. The molecule has 0 radical (unpaired) electrons. The van der Waals surface area contributed by atoms with E-state index in [0.29, 0.717) is 44.2 Å². The first-order valence-electron chi connectivity index (χ1n) is 9.28. The molecule has 0 spiro atoms. The zero-order valence-corrected chi connectivity index (χ0v) is 16.5. The summed E-state index contributed by atoms with van der Waals surface area (Å²) in [5.74, 6) is 0.225. The monoisotopic (exact) mass is 416 g/mol. The number of hydrogen-bond donors (Lipinski definition) is 0. The predicted molar refractivity (Wildman–Crippen MR) is 105 cm³/mol. The number of piperazine rings is 1. The van der Waals surface area contributed by atoms with E-state index in [1.807, 2.05) is 30.3 Å². The standard InChI is InChI=1S/C19H21FN6O2S/c20-17-7-4-8-18(13-17)26-19(21-22-23-26)14-24-9-11-25(12-10-24)29(27,28)15-16-5-2-1-3-6-16/h1-8,13H,9-12,14-15H2. The van der Waals surface area contributed by atoms with Gasteiger partial charge in [-0.2, -0.15) is 8.99 Å². The van der Waals surface area contributed by atoms with Gasteiger partial charge in [0.1, 0.15) is 5.82 Å². The van der Waals surface area contributed by atoms with Crippen molar-refractivity contribution >= 4 is 10.0 Å². The Morgan fingerprint density at radius 3 is 2.45 bits per heavy atom. The lowest BCUT2D eigenvalue weighted by Crippen LogP contribution is -2.48. The molecule has 0 saturated carbocycles. The molecule has 0 amide bonds. The molecule has 0 bridgehead atoms. The average molecular weight is 416 g/mol. The van der Waals surface area contributed by atoms with Gasteiger partial charge in [0, 0.05) is 26.2 Å². The molecule has 0 unspecified atom stereocenters. The number of tetrazole rings is 1. The number of halogens is 1. The lowest BCUT2D eigenvalue weighted by atomic mass is 10.2. The van der Waals surface area contributed by atoms with Crippen molar-refractivity contribution in [3.63, 3.8) is 0 Å². The maximum atomic E-state index is 13.5. The molecule has 4 rings (SSSR count). The fourth-order valence-electron chi connectivity index (χ4n) is 3.35. The number of nitrogens with zero attached hydrogens (tertiary/aromatic N) is 6. The molecule has 0 N–H and O–H groups in total. The number of sulfonamides is 1. The van der Waals surface area contributed by atoms with Crippen LogP contribution in [-0.4, -0.2) is 64.0 Å². The Morgan fingerprint density at radius 1 is 0.966 bits per heavy atom.